The second kappa shape index (κ2) is 4.87. The van der Waals surface area contributed by atoms with Crippen molar-refractivity contribution in [2.45, 2.75) is 32.7 Å². The number of rotatable bonds is 2. The summed E-state index contributed by atoms with van der Waals surface area (Å²) >= 11 is 0. The van der Waals surface area contributed by atoms with Crippen LogP contribution in [0.15, 0.2) is 6.20 Å². The molecule has 0 bridgehead atoms. The van der Waals surface area contributed by atoms with Crippen molar-refractivity contribution in [2.24, 2.45) is 11.7 Å². The summed E-state index contributed by atoms with van der Waals surface area (Å²) in [5, 5.41) is 6.70. The molecule has 1 aromatic rings. The third kappa shape index (κ3) is 2.34. The Morgan fingerprint density at radius 3 is 3.06 bits per heavy atom. The molecule has 2 unspecified atom stereocenters. The normalized spacial score (nSPS) is 25.0. The first-order valence-corrected chi connectivity index (χ1v) is 6.14. The number of aryl methyl sites for hydroxylation is 1. The zero-order valence-corrected chi connectivity index (χ0v) is 10.4. The van der Waals surface area contributed by atoms with Crippen LogP contribution >= 0.6 is 0 Å². The summed E-state index contributed by atoms with van der Waals surface area (Å²) in [4.78, 5) is 14.3. The summed E-state index contributed by atoms with van der Waals surface area (Å²) in [7, 11) is 0. The molecule has 1 aromatic heterocycles. The van der Waals surface area contributed by atoms with Gasteiger partial charge in [-0.2, -0.15) is 5.10 Å². The van der Waals surface area contributed by atoms with Crippen molar-refractivity contribution in [2.75, 3.05) is 13.1 Å². The number of nitrogens with one attached hydrogen (secondary N) is 1. The van der Waals surface area contributed by atoms with E-state index >= 15 is 0 Å². The molecule has 1 saturated heterocycles. The van der Waals surface area contributed by atoms with Crippen molar-refractivity contribution in [3.05, 3.63) is 17.5 Å². The molecular formula is C12H20N4O. The predicted octanol–water partition coefficient (Wildman–Crippen LogP) is 0.918. The fourth-order valence-electron chi connectivity index (χ4n) is 2.46. The average Bonchev–Trinajstić information content (AvgIpc) is 2.74. The molecule has 3 N–H and O–H groups in total. The largest absolute Gasteiger partial charge is 0.334 e. The van der Waals surface area contributed by atoms with Crippen molar-refractivity contribution >= 4 is 5.91 Å². The van der Waals surface area contributed by atoms with Gasteiger partial charge in [0.1, 0.15) is 0 Å². The Kier molecular flexibility index (Phi) is 3.47. The molecule has 1 amide bonds. The summed E-state index contributed by atoms with van der Waals surface area (Å²) in [6.07, 6.45) is 3.65. The predicted molar refractivity (Wildman–Crippen MR) is 65.6 cm³/mol. The van der Waals surface area contributed by atoms with Crippen molar-refractivity contribution in [1.82, 2.24) is 15.1 Å². The van der Waals surface area contributed by atoms with E-state index < -0.39 is 0 Å². The smallest absolute Gasteiger partial charge is 0.257 e. The van der Waals surface area contributed by atoms with E-state index in [0.29, 0.717) is 18.0 Å². The molecule has 2 atom stereocenters. The Balaban J connectivity index is 2.16. The SMILES string of the molecule is Cc1[nH]ncc1C(=O)N1CCC(C)CC1CN. The second-order valence-corrected chi connectivity index (χ2v) is 4.93. The zero-order chi connectivity index (χ0) is 12.4. The molecule has 5 nitrogen and oxygen atoms in total. The first kappa shape index (κ1) is 12.1. The molecule has 0 aromatic carbocycles. The number of nitrogens with two attached hydrogens (primary N) is 1. The van der Waals surface area contributed by atoms with Gasteiger partial charge in [0, 0.05) is 24.8 Å². The molecule has 17 heavy (non-hydrogen) atoms. The van der Waals surface area contributed by atoms with Gasteiger partial charge in [0.25, 0.3) is 5.91 Å². The number of hydrogen-bond acceptors (Lipinski definition) is 3. The summed E-state index contributed by atoms with van der Waals surface area (Å²) in [6.45, 7) is 5.41. The number of amides is 1. The lowest BCUT2D eigenvalue weighted by Crippen LogP contribution is -2.49. The van der Waals surface area contributed by atoms with Crippen LogP contribution in [0.4, 0.5) is 0 Å². The zero-order valence-electron chi connectivity index (χ0n) is 10.4. The van der Waals surface area contributed by atoms with Gasteiger partial charge in [-0.25, -0.2) is 0 Å². The Bertz CT molecular complexity index is 401. The van der Waals surface area contributed by atoms with Crippen LogP contribution < -0.4 is 5.73 Å². The van der Waals surface area contributed by atoms with E-state index in [2.05, 4.69) is 17.1 Å². The van der Waals surface area contributed by atoms with Crippen molar-refractivity contribution < 1.29 is 4.79 Å². The molecule has 5 heteroatoms. The Morgan fingerprint density at radius 2 is 2.47 bits per heavy atom. The Morgan fingerprint density at radius 1 is 1.71 bits per heavy atom. The standard InChI is InChI=1S/C12H20N4O/c1-8-3-4-16(10(5-8)6-13)12(17)11-7-14-15-9(11)2/h7-8,10H,3-6,13H2,1-2H3,(H,14,15). The van der Waals surface area contributed by atoms with Crippen molar-refractivity contribution in [3.8, 4) is 0 Å². The molecule has 0 radical (unpaired) electrons. The quantitative estimate of drug-likeness (QED) is 0.801. The minimum absolute atomic E-state index is 0.0543. The van der Waals surface area contributed by atoms with E-state index in [1.807, 2.05) is 11.8 Å². The fraction of sp³-hybridized carbons (Fsp3) is 0.667. The van der Waals surface area contributed by atoms with Crippen LogP contribution in [-0.4, -0.2) is 40.1 Å². The third-order valence-electron chi connectivity index (χ3n) is 3.57. The highest BCUT2D eigenvalue weighted by Crippen LogP contribution is 2.23. The van der Waals surface area contributed by atoms with Crippen LogP contribution in [-0.2, 0) is 0 Å². The van der Waals surface area contributed by atoms with Crippen LogP contribution in [0.2, 0.25) is 0 Å². The number of likely N-dealkylation sites (tertiary alicyclic amines) is 1. The molecular weight excluding hydrogens is 216 g/mol. The fourth-order valence-corrected chi connectivity index (χ4v) is 2.46. The highest BCUT2D eigenvalue weighted by molar-refractivity contribution is 5.95. The van der Waals surface area contributed by atoms with Gasteiger partial charge in [-0.3, -0.25) is 9.89 Å². The van der Waals surface area contributed by atoms with Gasteiger partial charge in [-0.05, 0) is 25.7 Å². The summed E-state index contributed by atoms with van der Waals surface area (Å²) in [5.41, 5.74) is 7.26. The van der Waals surface area contributed by atoms with Crippen LogP contribution in [0, 0.1) is 12.8 Å². The van der Waals surface area contributed by atoms with Gasteiger partial charge in [0.2, 0.25) is 0 Å². The van der Waals surface area contributed by atoms with E-state index in [1.165, 1.54) is 0 Å². The van der Waals surface area contributed by atoms with Gasteiger partial charge in [-0.15, -0.1) is 0 Å². The lowest BCUT2D eigenvalue weighted by atomic mass is 9.92. The van der Waals surface area contributed by atoms with Gasteiger partial charge in [0.05, 0.1) is 11.8 Å². The molecule has 0 saturated carbocycles. The number of H-pyrrole nitrogens is 1. The Hall–Kier alpha value is -1.36. The van der Waals surface area contributed by atoms with Gasteiger partial charge < -0.3 is 10.6 Å². The number of piperidine rings is 1. The minimum Gasteiger partial charge on any atom is -0.334 e. The van der Waals surface area contributed by atoms with E-state index in [4.69, 9.17) is 5.73 Å². The maximum absolute atomic E-state index is 12.4. The monoisotopic (exact) mass is 236 g/mol. The molecule has 1 aliphatic heterocycles. The minimum atomic E-state index is 0.0543. The number of aromatic amines is 1. The molecule has 0 spiro atoms. The number of hydrogen-bond donors (Lipinski definition) is 2. The van der Waals surface area contributed by atoms with Crippen molar-refractivity contribution in [3.63, 3.8) is 0 Å². The van der Waals surface area contributed by atoms with E-state index in [1.54, 1.807) is 6.20 Å². The molecule has 94 valence electrons. The number of carbonyl (C=O) groups is 1. The van der Waals surface area contributed by atoms with E-state index in [9.17, 15) is 4.79 Å². The van der Waals surface area contributed by atoms with Crippen molar-refractivity contribution in [1.29, 1.82) is 0 Å². The number of aromatic nitrogens is 2. The summed E-state index contributed by atoms with van der Waals surface area (Å²) < 4.78 is 0. The van der Waals surface area contributed by atoms with Crippen LogP contribution in [0.5, 0.6) is 0 Å². The highest BCUT2D eigenvalue weighted by Gasteiger charge is 2.30. The topological polar surface area (TPSA) is 75.0 Å². The van der Waals surface area contributed by atoms with Gasteiger partial charge >= 0.3 is 0 Å². The maximum Gasteiger partial charge on any atom is 0.257 e. The van der Waals surface area contributed by atoms with E-state index in [-0.39, 0.29) is 11.9 Å². The second-order valence-electron chi connectivity index (χ2n) is 4.93. The number of carbonyl (C=O) groups excluding carboxylic acids is 1. The molecule has 1 aliphatic rings. The lowest BCUT2D eigenvalue weighted by molar-refractivity contribution is 0.0573. The number of nitrogens with zero attached hydrogens (tertiary/aromatic N) is 2. The van der Waals surface area contributed by atoms with Gasteiger partial charge in [-0.1, -0.05) is 6.92 Å². The summed E-state index contributed by atoms with van der Waals surface area (Å²) in [5.74, 6) is 0.705. The summed E-state index contributed by atoms with van der Waals surface area (Å²) in [6, 6.07) is 0.167. The highest BCUT2D eigenvalue weighted by atomic mass is 16.2. The molecule has 1 fully saturated rings. The average molecular weight is 236 g/mol. The van der Waals surface area contributed by atoms with Crippen LogP contribution in [0.3, 0.4) is 0 Å². The first-order valence-electron chi connectivity index (χ1n) is 6.14. The van der Waals surface area contributed by atoms with Gasteiger partial charge in [0.15, 0.2) is 0 Å². The Labute approximate surface area is 101 Å². The first-order chi connectivity index (χ1) is 8.13. The van der Waals surface area contributed by atoms with E-state index in [0.717, 1.165) is 25.1 Å². The third-order valence-corrected chi connectivity index (χ3v) is 3.57. The van der Waals surface area contributed by atoms with Crippen LogP contribution in [0.25, 0.3) is 0 Å². The van der Waals surface area contributed by atoms with Crippen LogP contribution in [0.1, 0.15) is 35.8 Å². The molecule has 2 heterocycles. The lowest BCUT2D eigenvalue weighted by Gasteiger charge is -2.37. The molecule has 2 rings (SSSR count). The maximum atomic E-state index is 12.4. The molecule has 0 aliphatic carbocycles.